The van der Waals surface area contributed by atoms with Gasteiger partial charge in [0.2, 0.25) is 0 Å². The summed E-state index contributed by atoms with van der Waals surface area (Å²) in [6, 6.07) is 12.2. The lowest BCUT2D eigenvalue weighted by atomic mass is 10.0. The van der Waals surface area contributed by atoms with E-state index in [1.165, 1.54) is 0 Å². The summed E-state index contributed by atoms with van der Waals surface area (Å²) in [7, 11) is 0. The minimum Gasteiger partial charge on any atom is -0.508 e. The van der Waals surface area contributed by atoms with Crippen LogP contribution in [0.15, 0.2) is 49.0 Å². The average Bonchev–Trinajstić information content (AvgIpc) is 2.31. The molecule has 2 nitrogen and oxygen atoms in total. The number of benzene rings is 2. The van der Waals surface area contributed by atoms with Crippen molar-refractivity contribution in [3.8, 4) is 22.6 Å². The molecule has 0 fully saturated rings. The second-order valence-electron chi connectivity index (χ2n) is 3.52. The van der Waals surface area contributed by atoms with Gasteiger partial charge in [0, 0.05) is 5.56 Å². The quantitative estimate of drug-likeness (QED) is 0.800. The van der Waals surface area contributed by atoms with Gasteiger partial charge < -0.3 is 10.2 Å². The standard InChI is InChI=1S/C14H12O2/c1-2-10-9-12(5-8-14(10)16)11-3-6-13(15)7-4-11/h2-9,15-16H,1H2. The summed E-state index contributed by atoms with van der Waals surface area (Å²) < 4.78 is 0. The first-order valence-electron chi connectivity index (χ1n) is 4.95. The molecule has 2 N–H and O–H groups in total. The molecular weight excluding hydrogens is 200 g/mol. The second kappa shape index (κ2) is 4.11. The van der Waals surface area contributed by atoms with Gasteiger partial charge in [-0.15, -0.1) is 0 Å². The number of hydrogen-bond acceptors (Lipinski definition) is 2. The molecular formula is C14H12O2. The molecule has 0 aromatic heterocycles. The molecule has 0 radical (unpaired) electrons. The smallest absolute Gasteiger partial charge is 0.122 e. The molecule has 0 spiro atoms. The highest BCUT2D eigenvalue weighted by atomic mass is 16.3. The Morgan fingerprint density at radius 3 is 2.12 bits per heavy atom. The molecule has 2 rings (SSSR count). The Labute approximate surface area is 94.1 Å². The number of phenolic OH excluding ortho intramolecular Hbond substituents is 2. The van der Waals surface area contributed by atoms with Crippen LogP contribution in [0.3, 0.4) is 0 Å². The lowest BCUT2D eigenvalue weighted by Crippen LogP contribution is -1.80. The van der Waals surface area contributed by atoms with Crippen molar-refractivity contribution in [2.24, 2.45) is 0 Å². The van der Waals surface area contributed by atoms with Crippen LogP contribution in [0.1, 0.15) is 5.56 Å². The summed E-state index contributed by atoms with van der Waals surface area (Å²) in [4.78, 5) is 0. The molecule has 0 bridgehead atoms. The monoisotopic (exact) mass is 212 g/mol. The molecule has 0 aliphatic heterocycles. The van der Waals surface area contributed by atoms with Crippen molar-refractivity contribution in [3.63, 3.8) is 0 Å². The lowest BCUT2D eigenvalue weighted by Gasteiger charge is -2.05. The van der Waals surface area contributed by atoms with Gasteiger partial charge >= 0.3 is 0 Å². The fourth-order valence-corrected chi connectivity index (χ4v) is 1.55. The predicted octanol–water partition coefficient (Wildman–Crippen LogP) is 3.41. The van der Waals surface area contributed by atoms with E-state index in [1.54, 1.807) is 24.3 Å². The van der Waals surface area contributed by atoms with Crippen LogP contribution in [0.4, 0.5) is 0 Å². The van der Waals surface area contributed by atoms with Gasteiger partial charge in [0.25, 0.3) is 0 Å². The van der Waals surface area contributed by atoms with Gasteiger partial charge in [0.15, 0.2) is 0 Å². The summed E-state index contributed by atoms with van der Waals surface area (Å²) >= 11 is 0. The van der Waals surface area contributed by atoms with Crippen LogP contribution in [0.5, 0.6) is 11.5 Å². The number of hydrogen-bond donors (Lipinski definition) is 2. The molecule has 0 saturated heterocycles. The molecule has 0 atom stereocenters. The first-order chi connectivity index (χ1) is 7.70. The van der Waals surface area contributed by atoms with E-state index in [9.17, 15) is 10.2 Å². The fraction of sp³-hybridized carbons (Fsp3) is 0. The zero-order valence-corrected chi connectivity index (χ0v) is 8.72. The minimum absolute atomic E-state index is 0.220. The van der Waals surface area contributed by atoms with Gasteiger partial charge in [-0.3, -0.25) is 0 Å². The zero-order chi connectivity index (χ0) is 11.5. The third-order valence-electron chi connectivity index (χ3n) is 2.45. The average molecular weight is 212 g/mol. The summed E-state index contributed by atoms with van der Waals surface area (Å²) in [6.07, 6.45) is 1.61. The van der Waals surface area contributed by atoms with E-state index in [0.717, 1.165) is 11.1 Å². The highest BCUT2D eigenvalue weighted by Crippen LogP contribution is 2.27. The van der Waals surface area contributed by atoms with Gasteiger partial charge in [-0.1, -0.05) is 30.9 Å². The summed E-state index contributed by atoms with van der Waals surface area (Å²) in [5, 5.41) is 18.7. The predicted molar refractivity (Wildman–Crippen MR) is 65.3 cm³/mol. The van der Waals surface area contributed by atoms with Crippen molar-refractivity contribution >= 4 is 6.08 Å². The summed E-state index contributed by atoms with van der Waals surface area (Å²) in [6.45, 7) is 3.64. The van der Waals surface area contributed by atoms with Gasteiger partial charge in [0.05, 0.1) is 0 Å². The van der Waals surface area contributed by atoms with Crippen molar-refractivity contribution in [3.05, 3.63) is 54.6 Å². The fourth-order valence-electron chi connectivity index (χ4n) is 1.55. The molecule has 0 amide bonds. The molecule has 0 aliphatic carbocycles. The molecule has 2 heteroatoms. The van der Waals surface area contributed by atoms with Crippen LogP contribution in [0.2, 0.25) is 0 Å². The number of phenols is 2. The van der Waals surface area contributed by atoms with Crippen LogP contribution < -0.4 is 0 Å². The van der Waals surface area contributed by atoms with Crippen molar-refractivity contribution in [1.82, 2.24) is 0 Å². The van der Waals surface area contributed by atoms with E-state index in [-0.39, 0.29) is 11.5 Å². The van der Waals surface area contributed by atoms with Crippen molar-refractivity contribution < 1.29 is 10.2 Å². The topological polar surface area (TPSA) is 40.5 Å². The second-order valence-corrected chi connectivity index (χ2v) is 3.52. The van der Waals surface area contributed by atoms with E-state index in [0.29, 0.717) is 5.56 Å². The van der Waals surface area contributed by atoms with Gasteiger partial charge in [0.1, 0.15) is 11.5 Å². The Bertz CT molecular complexity index is 513. The largest absolute Gasteiger partial charge is 0.508 e. The molecule has 0 unspecified atom stereocenters. The highest BCUT2D eigenvalue weighted by molar-refractivity contribution is 5.70. The molecule has 0 heterocycles. The molecule has 0 aliphatic rings. The molecule has 2 aromatic rings. The van der Waals surface area contributed by atoms with Crippen LogP contribution in [0, 0.1) is 0 Å². The van der Waals surface area contributed by atoms with Crippen LogP contribution in [0.25, 0.3) is 17.2 Å². The Morgan fingerprint density at radius 2 is 1.50 bits per heavy atom. The van der Waals surface area contributed by atoms with E-state index in [4.69, 9.17) is 0 Å². The third-order valence-corrected chi connectivity index (χ3v) is 2.45. The number of aromatic hydroxyl groups is 2. The van der Waals surface area contributed by atoms with E-state index in [2.05, 4.69) is 6.58 Å². The van der Waals surface area contributed by atoms with Crippen LogP contribution in [-0.4, -0.2) is 10.2 Å². The number of rotatable bonds is 2. The third kappa shape index (κ3) is 1.91. The summed E-state index contributed by atoms with van der Waals surface area (Å²) in [5.74, 6) is 0.462. The van der Waals surface area contributed by atoms with E-state index in [1.807, 2.05) is 24.3 Å². The van der Waals surface area contributed by atoms with Gasteiger partial charge in [-0.2, -0.15) is 0 Å². The Morgan fingerprint density at radius 1 is 0.875 bits per heavy atom. The lowest BCUT2D eigenvalue weighted by molar-refractivity contribution is 0.473. The van der Waals surface area contributed by atoms with Gasteiger partial charge in [-0.25, -0.2) is 0 Å². The minimum atomic E-state index is 0.220. The normalized spacial score (nSPS) is 10.0. The highest BCUT2D eigenvalue weighted by Gasteiger charge is 2.01. The van der Waals surface area contributed by atoms with Gasteiger partial charge in [-0.05, 0) is 35.4 Å². The first-order valence-corrected chi connectivity index (χ1v) is 4.95. The molecule has 2 aromatic carbocycles. The van der Waals surface area contributed by atoms with Crippen LogP contribution >= 0.6 is 0 Å². The zero-order valence-electron chi connectivity index (χ0n) is 8.72. The van der Waals surface area contributed by atoms with Crippen molar-refractivity contribution in [2.45, 2.75) is 0 Å². The Balaban J connectivity index is 2.48. The Hall–Kier alpha value is -2.22. The van der Waals surface area contributed by atoms with Crippen molar-refractivity contribution in [2.75, 3.05) is 0 Å². The maximum Gasteiger partial charge on any atom is 0.122 e. The van der Waals surface area contributed by atoms with E-state index >= 15 is 0 Å². The van der Waals surface area contributed by atoms with Crippen molar-refractivity contribution in [1.29, 1.82) is 0 Å². The van der Waals surface area contributed by atoms with E-state index < -0.39 is 0 Å². The SMILES string of the molecule is C=Cc1cc(-c2ccc(O)cc2)ccc1O. The molecule has 16 heavy (non-hydrogen) atoms. The first kappa shape index (κ1) is 10.3. The maximum absolute atomic E-state index is 9.51. The summed E-state index contributed by atoms with van der Waals surface area (Å²) in [5.41, 5.74) is 2.67. The van der Waals surface area contributed by atoms with Crippen LogP contribution in [-0.2, 0) is 0 Å². The maximum atomic E-state index is 9.51. The Kier molecular flexibility index (Phi) is 2.64. The molecule has 0 saturated carbocycles. The molecule has 80 valence electrons.